The molecule has 0 unspecified atom stereocenters. The maximum Gasteiger partial charge on any atom is 0.377 e. The largest absolute Gasteiger partial charge is 0.475 e. The van der Waals surface area contributed by atoms with Crippen LogP contribution in [0.3, 0.4) is 0 Å². The molecule has 0 aliphatic rings. The van der Waals surface area contributed by atoms with Crippen molar-refractivity contribution in [3.8, 4) is 0 Å². The highest BCUT2D eigenvalue weighted by molar-refractivity contribution is 7.98. The van der Waals surface area contributed by atoms with Crippen LogP contribution in [0.15, 0.2) is 29.2 Å². The lowest BCUT2D eigenvalue weighted by molar-refractivity contribution is -0.131. The maximum atomic E-state index is 11.1. The van der Waals surface area contributed by atoms with Gasteiger partial charge in [-0.1, -0.05) is 12.1 Å². The van der Waals surface area contributed by atoms with Crippen LogP contribution >= 0.6 is 11.8 Å². The highest BCUT2D eigenvalue weighted by Crippen LogP contribution is 2.19. The van der Waals surface area contributed by atoms with Gasteiger partial charge in [-0.25, -0.2) is 4.79 Å². The lowest BCUT2D eigenvalue weighted by atomic mass is 10.1. The Morgan fingerprint density at radius 1 is 1.31 bits per heavy atom. The number of hydrogen-bond acceptors (Lipinski definition) is 3. The number of benzene rings is 1. The second kappa shape index (κ2) is 4.09. The van der Waals surface area contributed by atoms with E-state index in [2.05, 4.69) is 0 Å². The average molecular weight is 196 g/mol. The van der Waals surface area contributed by atoms with Gasteiger partial charge < -0.3 is 5.11 Å². The Labute approximate surface area is 79.8 Å². The molecule has 68 valence electrons. The number of thioether (sulfide) groups is 1. The van der Waals surface area contributed by atoms with Gasteiger partial charge in [-0.3, -0.25) is 4.79 Å². The van der Waals surface area contributed by atoms with E-state index in [9.17, 15) is 9.59 Å². The van der Waals surface area contributed by atoms with Crippen molar-refractivity contribution in [1.82, 2.24) is 0 Å². The average Bonchev–Trinajstić information content (AvgIpc) is 2.16. The molecule has 0 fully saturated rings. The molecule has 0 aliphatic carbocycles. The molecule has 1 N–H and O–H groups in total. The zero-order valence-electron chi connectivity index (χ0n) is 6.98. The van der Waals surface area contributed by atoms with E-state index in [1.807, 2.05) is 0 Å². The number of carboxylic acids is 1. The fourth-order valence-electron chi connectivity index (χ4n) is 0.947. The number of rotatable bonds is 3. The molecule has 0 aromatic heterocycles. The summed E-state index contributed by atoms with van der Waals surface area (Å²) in [6.45, 7) is 0. The fourth-order valence-corrected chi connectivity index (χ4v) is 1.54. The third kappa shape index (κ3) is 2.09. The first-order valence-corrected chi connectivity index (χ1v) is 4.80. The summed E-state index contributed by atoms with van der Waals surface area (Å²) in [5.41, 5.74) is 0.252. The number of ketones is 1. The predicted molar refractivity (Wildman–Crippen MR) is 50.2 cm³/mol. The minimum absolute atomic E-state index is 0.252. The number of carbonyl (C=O) groups is 2. The molecule has 0 amide bonds. The Kier molecular flexibility index (Phi) is 3.08. The van der Waals surface area contributed by atoms with E-state index in [-0.39, 0.29) is 5.56 Å². The van der Waals surface area contributed by atoms with Crippen molar-refractivity contribution >= 4 is 23.5 Å². The smallest absolute Gasteiger partial charge is 0.377 e. The van der Waals surface area contributed by atoms with E-state index in [0.717, 1.165) is 0 Å². The van der Waals surface area contributed by atoms with Crippen molar-refractivity contribution in [3.63, 3.8) is 0 Å². The molecule has 3 nitrogen and oxygen atoms in total. The molecule has 0 saturated carbocycles. The van der Waals surface area contributed by atoms with Crippen molar-refractivity contribution in [1.29, 1.82) is 0 Å². The Hall–Kier alpha value is -1.29. The second-order valence-electron chi connectivity index (χ2n) is 2.33. The lowest BCUT2D eigenvalue weighted by Crippen LogP contribution is -2.13. The first kappa shape index (κ1) is 9.80. The van der Waals surface area contributed by atoms with E-state index < -0.39 is 11.8 Å². The van der Waals surface area contributed by atoms with Gasteiger partial charge in [0, 0.05) is 10.5 Å². The Balaban J connectivity index is 3.13. The lowest BCUT2D eigenvalue weighted by Gasteiger charge is -2.01. The van der Waals surface area contributed by atoms with Gasteiger partial charge in [0.25, 0.3) is 5.78 Å². The van der Waals surface area contributed by atoms with Gasteiger partial charge in [0.1, 0.15) is 0 Å². The standard InChI is InChI=1S/C9H8O3S/c1-13-7-5-3-2-4-6(7)8(10)9(11)12/h2-5H,1H3,(H,11,12). The first-order chi connectivity index (χ1) is 6.16. The van der Waals surface area contributed by atoms with Crippen LogP contribution < -0.4 is 0 Å². The fraction of sp³-hybridized carbons (Fsp3) is 0.111. The summed E-state index contributed by atoms with van der Waals surface area (Å²) in [6, 6.07) is 6.66. The molecule has 0 saturated heterocycles. The molecule has 0 aliphatic heterocycles. The van der Waals surface area contributed by atoms with Crippen LogP contribution in [0.4, 0.5) is 0 Å². The Bertz CT molecular complexity index is 346. The van der Waals surface area contributed by atoms with Crippen molar-refractivity contribution in [2.24, 2.45) is 0 Å². The Morgan fingerprint density at radius 3 is 2.46 bits per heavy atom. The molecule has 4 heteroatoms. The van der Waals surface area contributed by atoms with E-state index in [4.69, 9.17) is 5.11 Å². The van der Waals surface area contributed by atoms with Gasteiger partial charge in [-0.2, -0.15) is 0 Å². The normalized spacial score (nSPS) is 9.62. The number of hydrogen-bond donors (Lipinski definition) is 1. The summed E-state index contributed by atoms with van der Waals surface area (Å²) in [4.78, 5) is 22.2. The van der Waals surface area contributed by atoms with E-state index >= 15 is 0 Å². The van der Waals surface area contributed by atoms with Crippen molar-refractivity contribution in [3.05, 3.63) is 29.8 Å². The number of carboxylic acid groups (broad SMARTS) is 1. The number of aliphatic carboxylic acids is 1. The molecule has 0 atom stereocenters. The molecule has 1 aromatic rings. The van der Waals surface area contributed by atoms with Crippen LogP contribution in [0.25, 0.3) is 0 Å². The summed E-state index contributed by atoms with van der Waals surface area (Å²) < 4.78 is 0. The SMILES string of the molecule is CSc1ccccc1C(=O)C(=O)O. The highest BCUT2D eigenvalue weighted by Gasteiger charge is 2.16. The van der Waals surface area contributed by atoms with Gasteiger partial charge in [0.05, 0.1) is 0 Å². The molecule has 0 heterocycles. The third-order valence-corrected chi connectivity index (χ3v) is 2.34. The molecule has 1 aromatic carbocycles. The number of carbonyl (C=O) groups excluding carboxylic acids is 1. The van der Waals surface area contributed by atoms with Crippen molar-refractivity contribution in [2.75, 3.05) is 6.26 Å². The minimum atomic E-state index is -1.42. The van der Waals surface area contributed by atoms with Crippen molar-refractivity contribution in [2.45, 2.75) is 4.90 Å². The van der Waals surface area contributed by atoms with E-state index in [1.54, 1.807) is 24.5 Å². The highest BCUT2D eigenvalue weighted by atomic mass is 32.2. The summed E-state index contributed by atoms with van der Waals surface area (Å²) in [6.07, 6.45) is 1.80. The molecule has 0 spiro atoms. The first-order valence-electron chi connectivity index (χ1n) is 3.57. The summed E-state index contributed by atoms with van der Waals surface area (Å²) in [7, 11) is 0. The summed E-state index contributed by atoms with van der Waals surface area (Å²) in [5.74, 6) is -2.27. The molecular formula is C9H8O3S. The van der Waals surface area contributed by atoms with Gasteiger partial charge in [-0.05, 0) is 18.4 Å². The molecular weight excluding hydrogens is 188 g/mol. The van der Waals surface area contributed by atoms with Crippen molar-refractivity contribution < 1.29 is 14.7 Å². The summed E-state index contributed by atoms with van der Waals surface area (Å²) in [5, 5.41) is 8.50. The van der Waals surface area contributed by atoms with Gasteiger partial charge >= 0.3 is 5.97 Å². The quantitative estimate of drug-likeness (QED) is 0.454. The van der Waals surface area contributed by atoms with E-state index in [1.165, 1.54) is 17.8 Å². The minimum Gasteiger partial charge on any atom is -0.475 e. The molecule has 0 bridgehead atoms. The van der Waals surface area contributed by atoms with Crippen LogP contribution in [0.5, 0.6) is 0 Å². The predicted octanol–water partition coefficient (Wildman–Crippen LogP) is 1.68. The van der Waals surface area contributed by atoms with Crippen LogP contribution in [0.2, 0.25) is 0 Å². The van der Waals surface area contributed by atoms with Crippen LogP contribution in [-0.2, 0) is 4.79 Å². The van der Waals surface area contributed by atoms with Crippen LogP contribution in [0.1, 0.15) is 10.4 Å². The second-order valence-corrected chi connectivity index (χ2v) is 3.18. The topological polar surface area (TPSA) is 54.4 Å². The van der Waals surface area contributed by atoms with Gasteiger partial charge in [0.15, 0.2) is 0 Å². The van der Waals surface area contributed by atoms with Gasteiger partial charge in [-0.15, -0.1) is 11.8 Å². The number of Topliss-reactive ketones (excluding diaryl/α,β-unsaturated/α-hetero) is 1. The zero-order valence-corrected chi connectivity index (χ0v) is 7.80. The van der Waals surface area contributed by atoms with E-state index in [0.29, 0.717) is 4.90 Å². The maximum absolute atomic E-state index is 11.1. The molecule has 1 rings (SSSR count). The zero-order chi connectivity index (χ0) is 9.84. The Morgan fingerprint density at radius 2 is 1.92 bits per heavy atom. The van der Waals surface area contributed by atoms with Crippen LogP contribution in [-0.4, -0.2) is 23.1 Å². The monoisotopic (exact) mass is 196 g/mol. The molecule has 0 radical (unpaired) electrons. The van der Waals surface area contributed by atoms with Gasteiger partial charge in [0.2, 0.25) is 0 Å². The summed E-state index contributed by atoms with van der Waals surface area (Å²) >= 11 is 1.36. The van der Waals surface area contributed by atoms with Crippen LogP contribution in [0, 0.1) is 0 Å². The molecule has 13 heavy (non-hydrogen) atoms. The third-order valence-electron chi connectivity index (χ3n) is 1.55.